The maximum Gasteiger partial charge on any atom is 0.242 e. The smallest absolute Gasteiger partial charge is 0.242 e. The van der Waals surface area contributed by atoms with Crippen LogP contribution in [0.4, 0.5) is 5.82 Å². The number of aromatic nitrogens is 1. The van der Waals surface area contributed by atoms with Crippen molar-refractivity contribution in [2.75, 3.05) is 7.11 Å². The lowest BCUT2D eigenvalue weighted by molar-refractivity contribution is 0.415. The van der Waals surface area contributed by atoms with Crippen molar-refractivity contribution in [3.63, 3.8) is 0 Å². The first-order chi connectivity index (χ1) is 6.83. The molecule has 0 aliphatic carbocycles. The molecule has 1 heterocycles. The largest absolute Gasteiger partial charge is 0.497 e. The highest BCUT2D eigenvalue weighted by molar-refractivity contribution is 5.84. The van der Waals surface area contributed by atoms with Gasteiger partial charge in [0.1, 0.15) is 11.6 Å². The number of rotatable bonds is 2. The summed E-state index contributed by atoms with van der Waals surface area (Å²) in [5.41, 5.74) is 0.916. The zero-order valence-electron chi connectivity index (χ0n) is 7.57. The molecule has 70 valence electrons. The van der Waals surface area contributed by atoms with Gasteiger partial charge in [0.05, 0.1) is 7.11 Å². The molecule has 0 aliphatic rings. The van der Waals surface area contributed by atoms with Crippen LogP contribution in [0.2, 0.25) is 0 Å². The first-order valence-electron chi connectivity index (χ1n) is 4.08. The topological polar surface area (TPSA) is 54.4 Å². The molecule has 0 saturated heterocycles. The molecule has 1 aromatic carbocycles. The van der Waals surface area contributed by atoms with Crippen LogP contribution in [0.15, 0.2) is 29.3 Å². The van der Waals surface area contributed by atoms with E-state index in [4.69, 9.17) is 4.74 Å². The number of aliphatic imine (C=N–C) groups is 1. The molecule has 0 unspecified atom stereocenters. The number of nitrogens with zero attached hydrogens (tertiary/aromatic N) is 1. The number of nitrogens with one attached hydrogen (secondary N) is 1. The number of benzene rings is 1. The second kappa shape index (κ2) is 3.36. The standard InChI is InChI=1S/C10H8N2O2/c1-14-8-2-3-9-7(4-8)5-10(12-9)11-6-13/h2-5,12H,1H3. The number of carbonyl (C=O) groups excluding carboxylic acids is 1. The third-order valence-electron chi connectivity index (χ3n) is 1.98. The lowest BCUT2D eigenvalue weighted by Crippen LogP contribution is -1.80. The molecular weight excluding hydrogens is 180 g/mol. The van der Waals surface area contributed by atoms with Gasteiger partial charge in [-0.05, 0) is 24.3 Å². The quantitative estimate of drug-likeness (QED) is 0.579. The predicted molar refractivity (Wildman–Crippen MR) is 52.6 cm³/mol. The summed E-state index contributed by atoms with van der Waals surface area (Å²) in [6.45, 7) is 0. The summed E-state index contributed by atoms with van der Waals surface area (Å²) in [6, 6.07) is 7.35. The molecular formula is C10H8N2O2. The minimum absolute atomic E-state index is 0.503. The van der Waals surface area contributed by atoms with Crippen molar-refractivity contribution >= 4 is 22.8 Å². The van der Waals surface area contributed by atoms with Gasteiger partial charge >= 0.3 is 0 Å². The van der Waals surface area contributed by atoms with Gasteiger partial charge in [-0.1, -0.05) is 0 Å². The molecule has 0 bridgehead atoms. The van der Waals surface area contributed by atoms with Crippen LogP contribution in [0, 0.1) is 0 Å². The number of hydrogen-bond donors (Lipinski definition) is 1. The average molecular weight is 188 g/mol. The van der Waals surface area contributed by atoms with Crippen molar-refractivity contribution in [2.45, 2.75) is 0 Å². The zero-order valence-corrected chi connectivity index (χ0v) is 7.57. The fraction of sp³-hybridized carbons (Fsp3) is 0.100. The van der Waals surface area contributed by atoms with Crippen molar-refractivity contribution < 1.29 is 9.53 Å². The van der Waals surface area contributed by atoms with Crippen molar-refractivity contribution in [3.8, 4) is 5.75 Å². The molecule has 2 rings (SSSR count). The molecule has 2 aromatic rings. The van der Waals surface area contributed by atoms with E-state index in [0.29, 0.717) is 5.82 Å². The highest BCUT2D eigenvalue weighted by Crippen LogP contribution is 2.24. The summed E-state index contributed by atoms with van der Waals surface area (Å²) in [6.07, 6.45) is 1.49. The Bertz CT molecular complexity index is 510. The summed E-state index contributed by atoms with van der Waals surface area (Å²) < 4.78 is 5.07. The van der Waals surface area contributed by atoms with Crippen LogP contribution in [-0.4, -0.2) is 18.2 Å². The van der Waals surface area contributed by atoms with Gasteiger partial charge in [0.15, 0.2) is 0 Å². The molecule has 0 aliphatic heterocycles. The third kappa shape index (κ3) is 1.39. The Balaban J connectivity index is 2.59. The van der Waals surface area contributed by atoms with Crippen LogP contribution in [0.3, 0.4) is 0 Å². The number of H-pyrrole nitrogens is 1. The molecule has 0 saturated carbocycles. The molecule has 0 atom stereocenters. The van der Waals surface area contributed by atoms with Gasteiger partial charge in [0, 0.05) is 10.9 Å². The SMILES string of the molecule is COc1ccc2[nH]c(N=C=O)cc2c1. The van der Waals surface area contributed by atoms with E-state index in [2.05, 4.69) is 9.98 Å². The fourth-order valence-electron chi connectivity index (χ4n) is 1.33. The summed E-state index contributed by atoms with van der Waals surface area (Å²) in [5.74, 6) is 1.28. The summed E-state index contributed by atoms with van der Waals surface area (Å²) >= 11 is 0. The van der Waals surface area contributed by atoms with Crippen LogP contribution in [0.5, 0.6) is 5.75 Å². The Hall–Kier alpha value is -2.06. The minimum Gasteiger partial charge on any atom is -0.497 e. The summed E-state index contributed by atoms with van der Waals surface area (Å²) in [5, 5.41) is 0.957. The Labute approximate surface area is 80.2 Å². The van der Waals surface area contributed by atoms with Gasteiger partial charge in [-0.3, -0.25) is 0 Å². The molecule has 4 heteroatoms. The van der Waals surface area contributed by atoms with Crippen LogP contribution in [-0.2, 0) is 4.79 Å². The number of methoxy groups -OCH3 is 1. The van der Waals surface area contributed by atoms with Gasteiger partial charge in [0.2, 0.25) is 6.08 Å². The minimum atomic E-state index is 0.503. The molecule has 0 spiro atoms. The van der Waals surface area contributed by atoms with Crippen LogP contribution in [0.1, 0.15) is 0 Å². The van der Waals surface area contributed by atoms with Crippen molar-refractivity contribution in [2.24, 2.45) is 4.99 Å². The Morgan fingerprint density at radius 2 is 2.29 bits per heavy atom. The second-order valence-electron chi connectivity index (χ2n) is 2.81. The maximum absolute atomic E-state index is 10.0. The van der Waals surface area contributed by atoms with Gasteiger partial charge in [-0.25, -0.2) is 4.79 Å². The number of ether oxygens (including phenoxy) is 1. The lowest BCUT2D eigenvalue weighted by Gasteiger charge is -1.97. The monoisotopic (exact) mass is 188 g/mol. The Morgan fingerprint density at radius 1 is 1.43 bits per heavy atom. The summed E-state index contributed by atoms with van der Waals surface area (Å²) in [7, 11) is 1.61. The zero-order chi connectivity index (χ0) is 9.97. The van der Waals surface area contributed by atoms with E-state index in [1.54, 1.807) is 13.2 Å². The van der Waals surface area contributed by atoms with E-state index in [1.807, 2.05) is 18.2 Å². The lowest BCUT2D eigenvalue weighted by atomic mass is 10.2. The molecule has 0 fully saturated rings. The van der Waals surface area contributed by atoms with Gasteiger partial charge in [-0.15, -0.1) is 4.99 Å². The highest BCUT2D eigenvalue weighted by Gasteiger charge is 2.00. The highest BCUT2D eigenvalue weighted by atomic mass is 16.5. The van der Waals surface area contributed by atoms with Gasteiger partial charge in [0.25, 0.3) is 0 Å². The Morgan fingerprint density at radius 3 is 3.00 bits per heavy atom. The molecule has 0 amide bonds. The first kappa shape index (κ1) is 8.53. The number of fused-ring (bicyclic) bond motifs is 1. The van der Waals surface area contributed by atoms with Gasteiger partial charge in [-0.2, -0.15) is 0 Å². The van der Waals surface area contributed by atoms with E-state index in [1.165, 1.54) is 6.08 Å². The molecule has 1 aromatic heterocycles. The first-order valence-corrected chi connectivity index (χ1v) is 4.08. The van der Waals surface area contributed by atoms with Crippen molar-refractivity contribution in [1.82, 2.24) is 4.98 Å². The third-order valence-corrected chi connectivity index (χ3v) is 1.98. The maximum atomic E-state index is 10.0. The average Bonchev–Trinajstić information content (AvgIpc) is 2.59. The van der Waals surface area contributed by atoms with E-state index in [9.17, 15) is 4.79 Å². The van der Waals surface area contributed by atoms with E-state index < -0.39 is 0 Å². The molecule has 1 N–H and O–H groups in total. The van der Waals surface area contributed by atoms with E-state index in [0.717, 1.165) is 16.7 Å². The van der Waals surface area contributed by atoms with Crippen molar-refractivity contribution in [3.05, 3.63) is 24.3 Å². The number of isocyanates is 1. The second-order valence-corrected chi connectivity index (χ2v) is 2.81. The fourth-order valence-corrected chi connectivity index (χ4v) is 1.33. The molecule has 0 radical (unpaired) electrons. The number of aromatic amines is 1. The van der Waals surface area contributed by atoms with E-state index in [-0.39, 0.29) is 0 Å². The van der Waals surface area contributed by atoms with E-state index >= 15 is 0 Å². The van der Waals surface area contributed by atoms with Crippen LogP contribution < -0.4 is 4.74 Å². The predicted octanol–water partition coefficient (Wildman–Crippen LogP) is 2.14. The molecule has 4 nitrogen and oxygen atoms in total. The van der Waals surface area contributed by atoms with Crippen LogP contribution >= 0.6 is 0 Å². The normalized spacial score (nSPS) is 9.79. The summed E-state index contributed by atoms with van der Waals surface area (Å²) in [4.78, 5) is 16.5. The number of hydrogen-bond acceptors (Lipinski definition) is 3. The Kier molecular flexibility index (Phi) is 2.05. The molecule has 14 heavy (non-hydrogen) atoms. The van der Waals surface area contributed by atoms with Gasteiger partial charge < -0.3 is 9.72 Å². The van der Waals surface area contributed by atoms with Crippen LogP contribution in [0.25, 0.3) is 10.9 Å². The van der Waals surface area contributed by atoms with Crippen molar-refractivity contribution in [1.29, 1.82) is 0 Å².